The Labute approximate surface area is 133 Å². The third kappa shape index (κ3) is 3.29. The van der Waals surface area contributed by atoms with Gasteiger partial charge in [-0.2, -0.15) is 5.10 Å². The van der Waals surface area contributed by atoms with Crippen molar-refractivity contribution >= 4 is 16.9 Å². The third-order valence-corrected chi connectivity index (χ3v) is 3.61. The van der Waals surface area contributed by atoms with Crippen molar-refractivity contribution in [2.45, 2.75) is 19.9 Å². The van der Waals surface area contributed by atoms with Gasteiger partial charge in [0.2, 0.25) is 5.43 Å². The second kappa shape index (κ2) is 6.44. The monoisotopic (exact) mass is 308 g/mol. The fraction of sp³-hybridized carbons (Fsp3) is 0.167. The highest BCUT2D eigenvalue weighted by molar-refractivity contribution is 5.78. The van der Waals surface area contributed by atoms with E-state index in [0.29, 0.717) is 23.2 Å². The average molecular weight is 308 g/mol. The van der Waals surface area contributed by atoms with Crippen molar-refractivity contribution in [2.75, 3.05) is 0 Å². The average Bonchev–Trinajstić information content (AvgIpc) is 2.57. The number of esters is 1. The molecule has 0 saturated heterocycles. The first-order valence-electron chi connectivity index (χ1n) is 7.36. The Balaban J connectivity index is 1.74. The highest BCUT2D eigenvalue weighted by Gasteiger charge is 2.09. The number of aromatic nitrogens is 2. The molecule has 23 heavy (non-hydrogen) atoms. The molecule has 0 aliphatic heterocycles. The second-order valence-corrected chi connectivity index (χ2v) is 5.24. The molecule has 3 aromatic rings. The standard InChI is InChI=1S/C18H16N2O3/c1-13-6-2-5-9-17(13)23-18(22)10-11-20-15-8-4-3-7-14(15)16(21)12-19-20/h2-9,12H,10-11H2,1H3. The molecule has 1 aromatic heterocycles. The SMILES string of the molecule is Cc1ccccc1OC(=O)CCn1ncc(=O)c2ccccc21. The third-order valence-electron chi connectivity index (χ3n) is 3.61. The molecule has 5 nitrogen and oxygen atoms in total. The van der Waals surface area contributed by atoms with Crippen molar-refractivity contribution in [3.63, 3.8) is 0 Å². The van der Waals surface area contributed by atoms with Gasteiger partial charge >= 0.3 is 5.97 Å². The maximum absolute atomic E-state index is 12.0. The Morgan fingerprint density at radius 3 is 2.70 bits per heavy atom. The van der Waals surface area contributed by atoms with Crippen LogP contribution < -0.4 is 10.2 Å². The van der Waals surface area contributed by atoms with Crippen LogP contribution in [0.25, 0.3) is 10.9 Å². The quantitative estimate of drug-likeness (QED) is 0.549. The van der Waals surface area contributed by atoms with Gasteiger partial charge in [0.1, 0.15) is 5.75 Å². The Kier molecular flexibility index (Phi) is 4.19. The van der Waals surface area contributed by atoms with E-state index in [-0.39, 0.29) is 17.8 Å². The molecule has 0 atom stereocenters. The van der Waals surface area contributed by atoms with Crippen LogP contribution in [0.2, 0.25) is 0 Å². The Bertz CT molecular complexity index is 915. The molecular formula is C18H16N2O3. The van der Waals surface area contributed by atoms with E-state index in [1.54, 1.807) is 22.9 Å². The summed E-state index contributed by atoms with van der Waals surface area (Å²) in [5.74, 6) is 0.235. The van der Waals surface area contributed by atoms with E-state index in [1.807, 2.05) is 37.3 Å². The van der Waals surface area contributed by atoms with Gasteiger partial charge in [0.15, 0.2) is 0 Å². The van der Waals surface area contributed by atoms with Crippen LogP contribution in [-0.2, 0) is 11.3 Å². The lowest BCUT2D eigenvalue weighted by Gasteiger charge is -2.10. The van der Waals surface area contributed by atoms with Crippen molar-refractivity contribution in [3.05, 3.63) is 70.5 Å². The number of ether oxygens (including phenoxy) is 1. The number of carbonyl (C=O) groups excluding carboxylic acids is 1. The molecule has 0 aliphatic rings. The summed E-state index contributed by atoms with van der Waals surface area (Å²) in [4.78, 5) is 23.8. The molecule has 0 bridgehead atoms. The van der Waals surface area contributed by atoms with Gasteiger partial charge in [0, 0.05) is 5.39 Å². The van der Waals surface area contributed by atoms with Crippen LogP contribution in [0.4, 0.5) is 0 Å². The summed E-state index contributed by atoms with van der Waals surface area (Å²) in [6.07, 6.45) is 1.45. The predicted octanol–water partition coefficient (Wildman–Crippen LogP) is 2.70. The van der Waals surface area contributed by atoms with E-state index >= 15 is 0 Å². The van der Waals surface area contributed by atoms with Crippen LogP contribution in [0.15, 0.2) is 59.5 Å². The number of fused-ring (bicyclic) bond motifs is 1. The van der Waals surface area contributed by atoms with Crippen molar-refractivity contribution in [1.29, 1.82) is 0 Å². The van der Waals surface area contributed by atoms with E-state index in [0.717, 1.165) is 5.56 Å². The summed E-state index contributed by atoms with van der Waals surface area (Å²) in [6.45, 7) is 2.24. The zero-order valence-corrected chi connectivity index (χ0v) is 12.7. The lowest BCUT2D eigenvalue weighted by Crippen LogP contribution is -2.16. The highest BCUT2D eigenvalue weighted by Crippen LogP contribution is 2.17. The molecule has 0 saturated carbocycles. The van der Waals surface area contributed by atoms with Crippen LogP contribution in [0.5, 0.6) is 5.75 Å². The number of para-hydroxylation sites is 2. The minimum Gasteiger partial charge on any atom is -0.426 e. The molecule has 1 heterocycles. The number of nitrogens with zero attached hydrogens (tertiary/aromatic N) is 2. The zero-order chi connectivity index (χ0) is 16.2. The van der Waals surface area contributed by atoms with Crippen LogP contribution in [0.1, 0.15) is 12.0 Å². The van der Waals surface area contributed by atoms with Gasteiger partial charge in [-0.05, 0) is 30.7 Å². The predicted molar refractivity (Wildman–Crippen MR) is 87.4 cm³/mol. The molecule has 0 fully saturated rings. The van der Waals surface area contributed by atoms with Crippen molar-refractivity contribution in [3.8, 4) is 5.75 Å². The van der Waals surface area contributed by atoms with Crippen molar-refractivity contribution in [1.82, 2.24) is 9.78 Å². The van der Waals surface area contributed by atoms with Crippen LogP contribution in [-0.4, -0.2) is 15.7 Å². The molecule has 0 radical (unpaired) electrons. The van der Waals surface area contributed by atoms with E-state index in [4.69, 9.17) is 4.74 Å². The van der Waals surface area contributed by atoms with E-state index in [9.17, 15) is 9.59 Å². The molecule has 5 heteroatoms. The maximum atomic E-state index is 12.0. The van der Waals surface area contributed by atoms with Gasteiger partial charge in [-0.15, -0.1) is 0 Å². The number of rotatable bonds is 4. The molecule has 2 aromatic carbocycles. The second-order valence-electron chi connectivity index (χ2n) is 5.24. The van der Waals surface area contributed by atoms with Gasteiger partial charge in [0.25, 0.3) is 0 Å². The molecule has 3 rings (SSSR count). The van der Waals surface area contributed by atoms with Crippen molar-refractivity contribution in [2.24, 2.45) is 0 Å². The fourth-order valence-corrected chi connectivity index (χ4v) is 2.38. The Hall–Kier alpha value is -2.95. The van der Waals surface area contributed by atoms with Crippen molar-refractivity contribution < 1.29 is 9.53 Å². The van der Waals surface area contributed by atoms with Crippen LogP contribution in [0, 0.1) is 6.92 Å². The number of hydrogen-bond acceptors (Lipinski definition) is 4. The maximum Gasteiger partial charge on any atom is 0.313 e. The molecule has 0 N–H and O–H groups in total. The summed E-state index contributed by atoms with van der Waals surface area (Å²) in [5.41, 5.74) is 1.50. The van der Waals surface area contributed by atoms with E-state index in [2.05, 4.69) is 5.10 Å². The van der Waals surface area contributed by atoms with Crippen LogP contribution >= 0.6 is 0 Å². The summed E-state index contributed by atoms with van der Waals surface area (Å²) in [5, 5.41) is 4.69. The first kappa shape index (κ1) is 15.0. The molecule has 0 spiro atoms. The summed E-state index contributed by atoms with van der Waals surface area (Å²) < 4.78 is 7.01. The first-order valence-corrected chi connectivity index (χ1v) is 7.36. The van der Waals surface area contributed by atoms with Gasteiger partial charge in [-0.1, -0.05) is 30.3 Å². The highest BCUT2D eigenvalue weighted by atomic mass is 16.5. The molecule has 0 amide bonds. The molecule has 0 unspecified atom stereocenters. The summed E-state index contributed by atoms with van der Waals surface area (Å²) in [6, 6.07) is 14.6. The first-order chi connectivity index (χ1) is 11.1. The lowest BCUT2D eigenvalue weighted by atomic mass is 10.2. The Morgan fingerprint density at radius 2 is 1.87 bits per heavy atom. The summed E-state index contributed by atoms with van der Waals surface area (Å²) >= 11 is 0. The normalized spacial score (nSPS) is 10.7. The Morgan fingerprint density at radius 1 is 1.13 bits per heavy atom. The molecule has 0 aliphatic carbocycles. The minimum absolute atomic E-state index is 0.126. The zero-order valence-electron chi connectivity index (χ0n) is 12.7. The van der Waals surface area contributed by atoms with E-state index < -0.39 is 0 Å². The largest absolute Gasteiger partial charge is 0.426 e. The van der Waals surface area contributed by atoms with Gasteiger partial charge in [0.05, 0.1) is 24.7 Å². The number of carbonyl (C=O) groups is 1. The number of aryl methyl sites for hydroxylation is 2. The lowest BCUT2D eigenvalue weighted by molar-refractivity contribution is -0.134. The topological polar surface area (TPSA) is 61.2 Å². The van der Waals surface area contributed by atoms with Gasteiger partial charge in [-0.25, -0.2) is 0 Å². The van der Waals surface area contributed by atoms with Gasteiger partial charge in [-0.3, -0.25) is 14.3 Å². The van der Waals surface area contributed by atoms with Gasteiger partial charge < -0.3 is 4.74 Å². The molecular weight excluding hydrogens is 292 g/mol. The smallest absolute Gasteiger partial charge is 0.313 e. The number of hydrogen-bond donors (Lipinski definition) is 0. The van der Waals surface area contributed by atoms with Crippen LogP contribution in [0.3, 0.4) is 0 Å². The minimum atomic E-state index is -0.330. The summed E-state index contributed by atoms with van der Waals surface area (Å²) in [7, 11) is 0. The fourth-order valence-electron chi connectivity index (χ4n) is 2.38. The molecule has 116 valence electrons. The number of benzene rings is 2. The van der Waals surface area contributed by atoms with E-state index in [1.165, 1.54) is 6.20 Å².